The van der Waals surface area contributed by atoms with Gasteiger partial charge < -0.3 is 9.80 Å². The second kappa shape index (κ2) is 7.10. The van der Waals surface area contributed by atoms with E-state index in [0.717, 1.165) is 28.3 Å². The Labute approximate surface area is 162 Å². The number of carbonyl (C=O) groups is 1. The van der Waals surface area contributed by atoms with Gasteiger partial charge in [-0.15, -0.1) is 0 Å². The Morgan fingerprint density at radius 2 is 1.79 bits per heavy atom. The third-order valence-corrected chi connectivity index (χ3v) is 5.33. The van der Waals surface area contributed by atoms with Crippen LogP contribution in [0.4, 0.5) is 10.1 Å². The first kappa shape index (κ1) is 18.2. The number of piperazine rings is 1. The van der Waals surface area contributed by atoms with E-state index in [0.29, 0.717) is 31.9 Å². The van der Waals surface area contributed by atoms with Crippen LogP contribution < -0.4 is 4.90 Å². The molecule has 0 saturated carbocycles. The summed E-state index contributed by atoms with van der Waals surface area (Å²) in [6.07, 6.45) is 0. The van der Waals surface area contributed by atoms with Crippen molar-refractivity contribution >= 4 is 11.6 Å². The molecular weight excluding hydrogens is 359 g/mol. The number of nitrogens with one attached hydrogen (secondary N) is 1. The van der Waals surface area contributed by atoms with E-state index >= 15 is 0 Å². The number of carbonyl (C=O) groups excluding carboxylic acids is 1. The van der Waals surface area contributed by atoms with Crippen molar-refractivity contribution in [3.05, 3.63) is 53.2 Å². The fourth-order valence-electron chi connectivity index (χ4n) is 3.69. The van der Waals surface area contributed by atoms with Crippen LogP contribution in [0.3, 0.4) is 0 Å². The standard InChI is InChI=1S/C20H23FN6O/c1-13-19(14(2)25(3)24-13)17-12-18(23-22-17)20(28)27-10-8-26(9-11-27)16-6-4-15(21)5-7-16/h4-7,12H,8-11H2,1-3H3,(H,22,23). The lowest BCUT2D eigenvalue weighted by atomic mass is 10.1. The highest BCUT2D eigenvalue weighted by atomic mass is 19.1. The predicted molar refractivity (Wildman–Crippen MR) is 105 cm³/mol. The van der Waals surface area contributed by atoms with E-state index in [1.54, 1.807) is 18.2 Å². The number of aromatic nitrogens is 4. The molecule has 0 aliphatic carbocycles. The molecule has 4 rings (SSSR count). The largest absolute Gasteiger partial charge is 0.368 e. The lowest BCUT2D eigenvalue weighted by Crippen LogP contribution is -2.48. The summed E-state index contributed by atoms with van der Waals surface area (Å²) in [7, 11) is 1.89. The number of halogens is 1. The molecule has 1 N–H and O–H groups in total. The van der Waals surface area contributed by atoms with E-state index in [-0.39, 0.29) is 11.7 Å². The van der Waals surface area contributed by atoms with Gasteiger partial charge >= 0.3 is 0 Å². The second-order valence-corrected chi connectivity index (χ2v) is 7.09. The van der Waals surface area contributed by atoms with Crippen LogP contribution in [0.5, 0.6) is 0 Å². The fourth-order valence-corrected chi connectivity index (χ4v) is 3.69. The highest BCUT2D eigenvalue weighted by Gasteiger charge is 2.24. The zero-order valence-electron chi connectivity index (χ0n) is 16.2. The van der Waals surface area contributed by atoms with Crippen molar-refractivity contribution in [3.63, 3.8) is 0 Å². The van der Waals surface area contributed by atoms with Gasteiger partial charge in [0.2, 0.25) is 0 Å². The first-order valence-corrected chi connectivity index (χ1v) is 9.30. The number of anilines is 1. The first-order chi connectivity index (χ1) is 13.4. The Kier molecular flexibility index (Phi) is 4.62. The third kappa shape index (κ3) is 3.26. The van der Waals surface area contributed by atoms with Crippen molar-refractivity contribution in [3.8, 4) is 11.3 Å². The number of nitrogens with zero attached hydrogens (tertiary/aromatic N) is 5. The average molecular weight is 382 g/mol. The number of benzene rings is 1. The lowest BCUT2D eigenvalue weighted by Gasteiger charge is -2.35. The van der Waals surface area contributed by atoms with Gasteiger partial charge in [0.25, 0.3) is 5.91 Å². The molecule has 7 nitrogen and oxygen atoms in total. The van der Waals surface area contributed by atoms with Crippen LogP contribution >= 0.6 is 0 Å². The van der Waals surface area contributed by atoms with Crippen molar-refractivity contribution in [2.75, 3.05) is 31.1 Å². The van der Waals surface area contributed by atoms with E-state index in [9.17, 15) is 9.18 Å². The van der Waals surface area contributed by atoms with Gasteiger partial charge in [0.05, 0.1) is 11.4 Å². The highest BCUT2D eigenvalue weighted by molar-refractivity contribution is 5.93. The molecule has 1 fully saturated rings. The maximum absolute atomic E-state index is 13.1. The number of hydrogen-bond acceptors (Lipinski definition) is 4. The molecule has 0 bridgehead atoms. The molecule has 1 aliphatic heterocycles. The summed E-state index contributed by atoms with van der Waals surface area (Å²) in [5.74, 6) is -0.302. The molecule has 1 aromatic carbocycles. The molecule has 0 atom stereocenters. The number of H-pyrrole nitrogens is 1. The Morgan fingerprint density at radius 3 is 2.39 bits per heavy atom. The zero-order chi connectivity index (χ0) is 19.8. The summed E-state index contributed by atoms with van der Waals surface area (Å²) in [5, 5.41) is 11.6. The summed E-state index contributed by atoms with van der Waals surface area (Å²) >= 11 is 0. The first-order valence-electron chi connectivity index (χ1n) is 9.30. The van der Waals surface area contributed by atoms with Crippen LogP contribution in [0.15, 0.2) is 30.3 Å². The van der Waals surface area contributed by atoms with Gasteiger partial charge in [0.15, 0.2) is 0 Å². The SMILES string of the molecule is Cc1nn(C)c(C)c1-c1cc(C(=O)N2CCN(c3ccc(F)cc3)CC2)[nH]n1. The molecule has 146 valence electrons. The van der Waals surface area contributed by atoms with E-state index in [1.807, 2.05) is 30.5 Å². The molecular formula is C20H23FN6O. The summed E-state index contributed by atoms with van der Waals surface area (Å²) in [6, 6.07) is 8.26. The third-order valence-electron chi connectivity index (χ3n) is 5.33. The Bertz CT molecular complexity index is 998. The second-order valence-electron chi connectivity index (χ2n) is 7.09. The molecule has 1 amide bonds. The van der Waals surface area contributed by atoms with Gasteiger partial charge in [-0.2, -0.15) is 10.2 Å². The van der Waals surface area contributed by atoms with E-state index in [2.05, 4.69) is 20.2 Å². The maximum Gasteiger partial charge on any atom is 0.272 e. The summed E-state index contributed by atoms with van der Waals surface area (Å²) in [4.78, 5) is 16.8. The zero-order valence-corrected chi connectivity index (χ0v) is 16.2. The Balaban J connectivity index is 1.45. The van der Waals surface area contributed by atoms with Crippen LogP contribution in [0.1, 0.15) is 21.9 Å². The Morgan fingerprint density at radius 1 is 1.11 bits per heavy atom. The highest BCUT2D eigenvalue weighted by Crippen LogP contribution is 2.25. The van der Waals surface area contributed by atoms with Crippen molar-refractivity contribution in [2.45, 2.75) is 13.8 Å². The van der Waals surface area contributed by atoms with Crippen molar-refractivity contribution in [2.24, 2.45) is 7.05 Å². The van der Waals surface area contributed by atoms with Crippen LogP contribution in [0.2, 0.25) is 0 Å². The molecule has 3 aromatic rings. The maximum atomic E-state index is 13.1. The summed E-state index contributed by atoms with van der Waals surface area (Å²) in [5.41, 5.74) is 5.04. The van der Waals surface area contributed by atoms with Crippen LogP contribution in [0, 0.1) is 19.7 Å². The number of rotatable bonds is 3. The minimum absolute atomic E-state index is 0.0586. The van der Waals surface area contributed by atoms with Gasteiger partial charge in [-0.3, -0.25) is 14.6 Å². The van der Waals surface area contributed by atoms with Gasteiger partial charge in [0.1, 0.15) is 11.5 Å². The predicted octanol–water partition coefficient (Wildman–Crippen LogP) is 2.53. The van der Waals surface area contributed by atoms with E-state index < -0.39 is 0 Å². The number of amides is 1. The summed E-state index contributed by atoms with van der Waals surface area (Å²) in [6.45, 7) is 6.55. The normalized spacial score (nSPS) is 14.6. The molecule has 8 heteroatoms. The molecule has 0 unspecified atom stereocenters. The number of aromatic amines is 1. The minimum atomic E-state index is -0.244. The van der Waals surface area contributed by atoms with Crippen LogP contribution in [-0.2, 0) is 7.05 Å². The smallest absolute Gasteiger partial charge is 0.272 e. The van der Waals surface area contributed by atoms with Gasteiger partial charge in [-0.05, 0) is 44.2 Å². The van der Waals surface area contributed by atoms with Gasteiger partial charge in [-0.1, -0.05) is 0 Å². The quantitative estimate of drug-likeness (QED) is 0.756. The Hall–Kier alpha value is -3.16. The number of hydrogen-bond donors (Lipinski definition) is 1. The molecule has 0 spiro atoms. The lowest BCUT2D eigenvalue weighted by molar-refractivity contribution is 0.0741. The monoisotopic (exact) mass is 382 g/mol. The average Bonchev–Trinajstić information content (AvgIpc) is 3.26. The molecule has 0 radical (unpaired) electrons. The van der Waals surface area contributed by atoms with E-state index in [4.69, 9.17) is 0 Å². The van der Waals surface area contributed by atoms with Crippen molar-refractivity contribution in [1.29, 1.82) is 0 Å². The molecule has 1 aliphatic rings. The minimum Gasteiger partial charge on any atom is -0.368 e. The molecule has 28 heavy (non-hydrogen) atoms. The van der Waals surface area contributed by atoms with Crippen LogP contribution in [0.25, 0.3) is 11.3 Å². The van der Waals surface area contributed by atoms with Gasteiger partial charge in [0, 0.05) is 50.2 Å². The topological polar surface area (TPSA) is 70.1 Å². The van der Waals surface area contributed by atoms with Crippen LogP contribution in [-0.4, -0.2) is 57.0 Å². The summed E-state index contributed by atoms with van der Waals surface area (Å²) < 4.78 is 14.9. The molecule has 1 saturated heterocycles. The van der Waals surface area contributed by atoms with E-state index in [1.165, 1.54) is 12.1 Å². The van der Waals surface area contributed by atoms with Crippen molar-refractivity contribution < 1.29 is 9.18 Å². The van der Waals surface area contributed by atoms with Gasteiger partial charge in [-0.25, -0.2) is 4.39 Å². The van der Waals surface area contributed by atoms with Crippen molar-refractivity contribution in [1.82, 2.24) is 24.9 Å². The molecule has 2 aromatic heterocycles. The molecule has 3 heterocycles. The fraction of sp³-hybridized carbons (Fsp3) is 0.350. The number of aryl methyl sites for hydroxylation is 2.